The summed E-state index contributed by atoms with van der Waals surface area (Å²) < 4.78 is 64.5. The number of benzene rings is 1. The van der Waals surface area contributed by atoms with Gasteiger partial charge in [-0.3, -0.25) is 0 Å². The van der Waals surface area contributed by atoms with Gasteiger partial charge in [-0.2, -0.15) is 13.2 Å². The van der Waals surface area contributed by atoms with Crippen LogP contribution in [-0.4, -0.2) is 20.7 Å². The third-order valence-electron chi connectivity index (χ3n) is 2.41. The van der Waals surface area contributed by atoms with Crippen molar-refractivity contribution < 1.29 is 26.3 Å². The third-order valence-corrected chi connectivity index (χ3v) is 3.44. The Bertz CT molecular complexity index is 584. The Morgan fingerprint density at radius 2 is 1.84 bits per heavy atom. The normalized spacial score (nSPS) is 14.2. The van der Waals surface area contributed by atoms with Crippen molar-refractivity contribution in [1.29, 1.82) is 0 Å². The Hall–Kier alpha value is -1.48. The molecule has 108 valence electrons. The first-order chi connectivity index (χ1) is 8.43. The fourth-order valence-corrected chi connectivity index (χ4v) is 2.19. The van der Waals surface area contributed by atoms with E-state index in [0.717, 1.165) is 19.1 Å². The molecular weight excluding hydrogens is 285 g/mol. The largest absolute Gasteiger partial charge is 0.481 e. The predicted molar refractivity (Wildman–Crippen MR) is 63.1 cm³/mol. The predicted octanol–water partition coefficient (Wildman–Crippen LogP) is 1.55. The fourth-order valence-electron chi connectivity index (χ4n) is 1.36. The second kappa shape index (κ2) is 4.89. The Labute approximate surface area is 108 Å². The van der Waals surface area contributed by atoms with E-state index in [2.05, 4.69) is 0 Å². The third kappa shape index (κ3) is 3.74. The van der Waals surface area contributed by atoms with Gasteiger partial charge in [-0.25, -0.2) is 13.6 Å². The molecule has 0 spiro atoms. The minimum atomic E-state index is -4.57. The zero-order valence-corrected chi connectivity index (χ0v) is 11.0. The van der Waals surface area contributed by atoms with Crippen LogP contribution in [0.25, 0.3) is 0 Å². The zero-order valence-electron chi connectivity index (χ0n) is 10.2. The van der Waals surface area contributed by atoms with Crippen LogP contribution in [0.2, 0.25) is 0 Å². The van der Waals surface area contributed by atoms with Gasteiger partial charge in [0.05, 0.1) is 4.90 Å². The highest BCUT2D eigenvalue weighted by atomic mass is 32.2. The summed E-state index contributed by atoms with van der Waals surface area (Å²) >= 11 is 0. The molecule has 1 unspecified atom stereocenters. The fraction of sp³-hybridized carbons (Fsp3) is 0.400. The lowest BCUT2D eigenvalue weighted by Gasteiger charge is -2.20. The molecule has 1 aromatic rings. The highest BCUT2D eigenvalue weighted by Gasteiger charge is 2.38. The van der Waals surface area contributed by atoms with Gasteiger partial charge in [-0.1, -0.05) is 0 Å². The van der Waals surface area contributed by atoms with Crippen LogP contribution in [0.3, 0.4) is 0 Å². The van der Waals surface area contributed by atoms with Crippen molar-refractivity contribution in [2.45, 2.75) is 31.0 Å². The van der Waals surface area contributed by atoms with E-state index < -0.39 is 22.3 Å². The first kappa shape index (κ1) is 15.6. The molecule has 0 heterocycles. The molecule has 0 radical (unpaired) electrons. The zero-order chi connectivity index (χ0) is 15.0. The number of primary sulfonamides is 1. The van der Waals surface area contributed by atoms with Crippen LogP contribution >= 0.6 is 0 Å². The standard InChI is InChI=1S/C10H13F3N2O3S/c1-5-8(18-6(2)10(11,12)13)3-7(14)4-9(5)19(15,16)17/h3-4,6H,14H2,1-2H3,(H2,15,16,17). The van der Waals surface area contributed by atoms with Gasteiger partial charge in [0.2, 0.25) is 10.0 Å². The van der Waals surface area contributed by atoms with Gasteiger partial charge in [0.1, 0.15) is 5.75 Å². The number of rotatable bonds is 3. The molecule has 0 aliphatic carbocycles. The summed E-state index contributed by atoms with van der Waals surface area (Å²) in [5.74, 6) is -0.270. The van der Waals surface area contributed by atoms with Crippen molar-refractivity contribution in [3.8, 4) is 5.75 Å². The number of sulfonamides is 1. The number of halogens is 3. The minimum Gasteiger partial charge on any atom is -0.481 e. The number of hydrogen-bond donors (Lipinski definition) is 2. The Balaban J connectivity index is 3.28. The van der Waals surface area contributed by atoms with Crippen LogP contribution in [0.1, 0.15) is 12.5 Å². The van der Waals surface area contributed by atoms with E-state index in [1.807, 2.05) is 0 Å². The highest BCUT2D eigenvalue weighted by Crippen LogP contribution is 2.31. The Morgan fingerprint density at radius 3 is 2.26 bits per heavy atom. The first-order valence-corrected chi connectivity index (χ1v) is 6.64. The smallest absolute Gasteiger partial charge is 0.425 e. The maximum absolute atomic E-state index is 12.4. The van der Waals surface area contributed by atoms with Crippen molar-refractivity contribution in [3.05, 3.63) is 17.7 Å². The van der Waals surface area contributed by atoms with Gasteiger partial charge in [-0.05, 0) is 19.9 Å². The molecule has 1 atom stereocenters. The van der Waals surface area contributed by atoms with Crippen molar-refractivity contribution in [1.82, 2.24) is 0 Å². The van der Waals surface area contributed by atoms with Gasteiger partial charge in [0, 0.05) is 17.3 Å². The molecule has 0 fully saturated rings. The summed E-state index contributed by atoms with van der Waals surface area (Å²) in [6.07, 6.45) is -6.67. The lowest BCUT2D eigenvalue weighted by molar-refractivity contribution is -0.189. The molecule has 0 amide bonds. The van der Waals surface area contributed by atoms with Crippen LogP contribution in [0, 0.1) is 6.92 Å². The number of alkyl halides is 3. The van der Waals surface area contributed by atoms with Crippen LogP contribution in [0.4, 0.5) is 18.9 Å². The average Bonchev–Trinajstić information content (AvgIpc) is 2.19. The summed E-state index contributed by atoms with van der Waals surface area (Å²) in [6.45, 7) is 2.09. The van der Waals surface area contributed by atoms with E-state index in [0.29, 0.717) is 0 Å². The summed E-state index contributed by atoms with van der Waals surface area (Å²) in [5, 5.41) is 4.95. The van der Waals surface area contributed by atoms with Crippen LogP contribution in [0.5, 0.6) is 5.75 Å². The molecule has 4 N–H and O–H groups in total. The summed E-state index contributed by atoms with van der Waals surface area (Å²) in [7, 11) is -4.09. The topological polar surface area (TPSA) is 95.4 Å². The second-order valence-corrected chi connectivity index (χ2v) is 5.52. The summed E-state index contributed by atoms with van der Waals surface area (Å²) in [6, 6.07) is 2.18. The van der Waals surface area contributed by atoms with Crippen LogP contribution < -0.4 is 15.6 Å². The quantitative estimate of drug-likeness (QED) is 0.828. The van der Waals surface area contributed by atoms with Crippen LogP contribution in [-0.2, 0) is 10.0 Å². The molecule has 0 aliphatic heterocycles. The number of anilines is 1. The highest BCUT2D eigenvalue weighted by molar-refractivity contribution is 7.89. The molecule has 0 saturated carbocycles. The lowest BCUT2D eigenvalue weighted by Crippen LogP contribution is -2.31. The molecule has 9 heteroatoms. The van der Waals surface area contributed by atoms with E-state index in [-0.39, 0.29) is 21.9 Å². The van der Waals surface area contributed by atoms with Crippen molar-refractivity contribution in [2.75, 3.05) is 5.73 Å². The molecule has 0 aromatic heterocycles. The van der Waals surface area contributed by atoms with Crippen molar-refractivity contribution in [2.24, 2.45) is 5.14 Å². The first-order valence-electron chi connectivity index (χ1n) is 5.09. The molecule has 5 nitrogen and oxygen atoms in total. The van der Waals surface area contributed by atoms with E-state index in [1.54, 1.807) is 0 Å². The van der Waals surface area contributed by atoms with Gasteiger partial charge >= 0.3 is 6.18 Å². The Kier molecular flexibility index (Phi) is 4.01. The summed E-state index contributed by atoms with van der Waals surface area (Å²) in [4.78, 5) is -0.364. The number of hydrogen-bond acceptors (Lipinski definition) is 4. The number of ether oxygens (including phenoxy) is 1. The molecule has 0 saturated heterocycles. The van der Waals surface area contributed by atoms with E-state index in [4.69, 9.17) is 15.6 Å². The maximum atomic E-state index is 12.4. The number of nitrogen functional groups attached to an aromatic ring is 1. The monoisotopic (exact) mass is 298 g/mol. The molecule has 19 heavy (non-hydrogen) atoms. The molecule has 1 rings (SSSR count). The lowest BCUT2D eigenvalue weighted by atomic mass is 10.2. The van der Waals surface area contributed by atoms with E-state index in [1.165, 1.54) is 6.92 Å². The van der Waals surface area contributed by atoms with Gasteiger partial charge < -0.3 is 10.5 Å². The van der Waals surface area contributed by atoms with Crippen molar-refractivity contribution in [3.63, 3.8) is 0 Å². The van der Waals surface area contributed by atoms with Crippen LogP contribution in [0.15, 0.2) is 17.0 Å². The van der Waals surface area contributed by atoms with Gasteiger partial charge in [0.25, 0.3) is 0 Å². The van der Waals surface area contributed by atoms with E-state index in [9.17, 15) is 21.6 Å². The second-order valence-electron chi connectivity index (χ2n) is 3.99. The minimum absolute atomic E-state index is 0.0206. The molecular formula is C10H13F3N2O3S. The average molecular weight is 298 g/mol. The molecule has 1 aromatic carbocycles. The SMILES string of the molecule is Cc1c(OC(C)C(F)(F)F)cc(N)cc1S(N)(=O)=O. The maximum Gasteiger partial charge on any atom is 0.425 e. The Morgan fingerprint density at radius 1 is 1.32 bits per heavy atom. The number of nitrogens with two attached hydrogens (primary N) is 2. The van der Waals surface area contributed by atoms with Crippen molar-refractivity contribution >= 4 is 15.7 Å². The summed E-state index contributed by atoms with van der Waals surface area (Å²) in [5.41, 5.74) is 5.35. The van der Waals surface area contributed by atoms with E-state index >= 15 is 0 Å². The van der Waals surface area contributed by atoms with Gasteiger partial charge in [0.15, 0.2) is 6.10 Å². The van der Waals surface area contributed by atoms with Gasteiger partial charge in [-0.15, -0.1) is 0 Å². The molecule has 0 bridgehead atoms. The molecule has 0 aliphatic rings.